The van der Waals surface area contributed by atoms with E-state index in [9.17, 15) is 9.59 Å². The summed E-state index contributed by atoms with van der Waals surface area (Å²) in [5.41, 5.74) is 8.75. The number of carbonyl (C=O) groups excluding carboxylic acids is 2. The zero-order chi connectivity index (χ0) is 19.3. The number of aryl methyl sites for hydroxylation is 1. The quantitative estimate of drug-likeness (QED) is 0.829. The van der Waals surface area contributed by atoms with Crippen molar-refractivity contribution >= 4 is 11.8 Å². The van der Waals surface area contributed by atoms with Gasteiger partial charge < -0.3 is 15.4 Å². The minimum Gasteiger partial charge on any atom is -0.483 e. The number of benzene rings is 2. The number of amides is 2. The molecule has 0 spiro atoms. The Bertz CT molecular complexity index is 800. The number of ether oxygens (including phenoxy) is 1. The Morgan fingerprint density at radius 1 is 1.15 bits per heavy atom. The molecule has 0 aliphatic carbocycles. The van der Waals surface area contributed by atoms with Gasteiger partial charge in [0.1, 0.15) is 5.75 Å². The second-order valence-electron chi connectivity index (χ2n) is 6.80. The molecular weight excluding hydrogens is 328 g/mol. The Morgan fingerprint density at radius 2 is 1.88 bits per heavy atom. The molecule has 5 heteroatoms. The first-order valence-electron chi connectivity index (χ1n) is 8.64. The van der Waals surface area contributed by atoms with Crippen LogP contribution in [0.5, 0.6) is 5.75 Å². The van der Waals surface area contributed by atoms with Crippen LogP contribution in [0.1, 0.15) is 46.8 Å². The van der Waals surface area contributed by atoms with Crippen LogP contribution in [0, 0.1) is 6.92 Å². The summed E-state index contributed by atoms with van der Waals surface area (Å²) in [7, 11) is 1.71. The van der Waals surface area contributed by atoms with Crippen molar-refractivity contribution in [1.82, 2.24) is 4.90 Å². The van der Waals surface area contributed by atoms with E-state index in [4.69, 9.17) is 10.5 Å². The van der Waals surface area contributed by atoms with Gasteiger partial charge in [-0.05, 0) is 47.7 Å². The van der Waals surface area contributed by atoms with Crippen molar-refractivity contribution in [2.75, 3.05) is 13.7 Å². The van der Waals surface area contributed by atoms with Crippen LogP contribution >= 0.6 is 0 Å². The molecule has 0 heterocycles. The Morgan fingerprint density at radius 3 is 2.54 bits per heavy atom. The first kappa shape index (κ1) is 19.5. The molecule has 0 unspecified atom stereocenters. The lowest BCUT2D eigenvalue weighted by Crippen LogP contribution is -2.31. The van der Waals surface area contributed by atoms with Gasteiger partial charge in [0.05, 0.1) is 0 Å². The van der Waals surface area contributed by atoms with Crippen molar-refractivity contribution in [2.24, 2.45) is 5.73 Å². The Labute approximate surface area is 154 Å². The topological polar surface area (TPSA) is 72.6 Å². The molecule has 2 amide bonds. The van der Waals surface area contributed by atoms with Gasteiger partial charge in [0.15, 0.2) is 6.61 Å². The molecule has 0 bridgehead atoms. The molecule has 138 valence electrons. The van der Waals surface area contributed by atoms with Gasteiger partial charge in [-0.25, -0.2) is 0 Å². The van der Waals surface area contributed by atoms with Gasteiger partial charge in [-0.2, -0.15) is 0 Å². The highest BCUT2D eigenvalue weighted by Gasteiger charge is 2.14. The molecule has 0 radical (unpaired) electrons. The van der Waals surface area contributed by atoms with Gasteiger partial charge in [0.25, 0.3) is 5.91 Å². The van der Waals surface area contributed by atoms with E-state index in [-0.39, 0.29) is 12.5 Å². The van der Waals surface area contributed by atoms with Crippen LogP contribution in [0.4, 0.5) is 0 Å². The van der Waals surface area contributed by atoms with Crippen LogP contribution in [0.15, 0.2) is 42.5 Å². The van der Waals surface area contributed by atoms with Gasteiger partial charge in [-0.1, -0.05) is 38.1 Å². The second-order valence-corrected chi connectivity index (χ2v) is 6.80. The molecule has 2 N–H and O–H groups in total. The number of hydrogen-bond donors (Lipinski definition) is 1. The third-order valence-corrected chi connectivity index (χ3v) is 4.20. The number of nitrogens with two attached hydrogens (primary N) is 1. The maximum absolute atomic E-state index is 12.4. The molecule has 0 atom stereocenters. The van der Waals surface area contributed by atoms with Crippen LogP contribution < -0.4 is 10.5 Å². The van der Waals surface area contributed by atoms with Crippen molar-refractivity contribution in [3.63, 3.8) is 0 Å². The lowest BCUT2D eigenvalue weighted by molar-refractivity contribution is -0.132. The monoisotopic (exact) mass is 354 g/mol. The first-order valence-corrected chi connectivity index (χ1v) is 8.64. The maximum Gasteiger partial charge on any atom is 0.260 e. The van der Waals surface area contributed by atoms with Crippen LogP contribution in [-0.4, -0.2) is 30.4 Å². The highest BCUT2D eigenvalue weighted by Crippen LogP contribution is 2.27. The highest BCUT2D eigenvalue weighted by atomic mass is 16.5. The standard InChI is InChI=1S/C21H26N2O3/c1-14(2)18-9-8-15(3)10-19(18)26-13-20(24)23(4)12-16-6-5-7-17(11-16)21(22)25/h5-11,14H,12-13H2,1-4H3,(H2,22,25). The summed E-state index contributed by atoms with van der Waals surface area (Å²) in [6, 6.07) is 13.0. The molecular formula is C21H26N2O3. The van der Waals surface area contributed by atoms with Crippen LogP contribution in [0.3, 0.4) is 0 Å². The Balaban J connectivity index is 2.01. The van der Waals surface area contributed by atoms with Crippen molar-refractivity contribution in [1.29, 1.82) is 0 Å². The average Bonchev–Trinajstić information content (AvgIpc) is 2.59. The first-order chi connectivity index (χ1) is 12.3. The predicted molar refractivity (Wildman–Crippen MR) is 102 cm³/mol. The van der Waals surface area contributed by atoms with Crippen LogP contribution in [0.2, 0.25) is 0 Å². The fourth-order valence-corrected chi connectivity index (χ4v) is 2.68. The summed E-state index contributed by atoms with van der Waals surface area (Å²) in [5.74, 6) is 0.447. The zero-order valence-electron chi connectivity index (χ0n) is 15.8. The smallest absolute Gasteiger partial charge is 0.260 e. The van der Waals surface area contributed by atoms with Crippen molar-refractivity contribution in [3.8, 4) is 5.75 Å². The molecule has 0 aliphatic heterocycles. The Hall–Kier alpha value is -2.82. The molecule has 26 heavy (non-hydrogen) atoms. The molecule has 0 aromatic heterocycles. The van der Waals surface area contributed by atoms with E-state index in [0.717, 1.165) is 22.4 Å². The van der Waals surface area contributed by atoms with E-state index in [0.29, 0.717) is 18.0 Å². The molecule has 0 saturated carbocycles. The molecule has 2 aromatic carbocycles. The molecule has 5 nitrogen and oxygen atoms in total. The van der Waals surface area contributed by atoms with E-state index >= 15 is 0 Å². The number of primary amides is 1. The fourth-order valence-electron chi connectivity index (χ4n) is 2.68. The summed E-state index contributed by atoms with van der Waals surface area (Å²) in [4.78, 5) is 25.3. The van der Waals surface area contributed by atoms with Crippen LogP contribution in [-0.2, 0) is 11.3 Å². The summed E-state index contributed by atoms with van der Waals surface area (Å²) in [5, 5.41) is 0. The van der Waals surface area contributed by atoms with Gasteiger partial charge >= 0.3 is 0 Å². The maximum atomic E-state index is 12.4. The van der Waals surface area contributed by atoms with Crippen molar-refractivity contribution in [3.05, 3.63) is 64.7 Å². The number of rotatable bonds is 7. The second kappa shape index (κ2) is 8.52. The minimum absolute atomic E-state index is 0.0326. The lowest BCUT2D eigenvalue weighted by Gasteiger charge is -2.19. The Kier molecular flexibility index (Phi) is 6.39. The van der Waals surface area contributed by atoms with Gasteiger partial charge in [-0.15, -0.1) is 0 Å². The van der Waals surface area contributed by atoms with Gasteiger partial charge in [0.2, 0.25) is 5.91 Å². The third kappa shape index (κ3) is 5.09. The number of likely N-dealkylation sites (N-methyl/N-ethyl adjacent to an activating group) is 1. The fraction of sp³-hybridized carbons (Fsp3) is 0.333. The van der Waals surface area contributed by atoms with E-state index < -0.39 is 5.91 Å². The molecule has 0 fully saturated rings. The largest absolute Gasteiger partial charge is 0.483 e. The minimum atomic E-state index is -0.482. The number of carbonyl (C=O) groups is 2. The van der Waals surface area contributed by atoms with E-state index in [1.165, 1.54) is 0 Å². The molecule has 0 aliphatic rings. The highest BCUT2D eigenvalue weighted by molar-refractivity contribution is 5.92. The molecule has 2 aromatic rings. The summed E-state index contributed by atoms with van der Waals surface area (Å²) in [6.45, 7) is 6.54. The van der Waals surface area contributed by atoms with E-state index in [1.807, 2.05) is 31.2 Å². The third-order valence-electron chi connectivity index (χ3n) is 4.20. The van der Waals surface area contributed by atoms with E-state index in [2.05, 4.69) is 13.8 Å². The lowest BCUT2D eigenvalue weighted by atomic mass is 10.0. The normalized spacial score (nSPS) is 10.7. The molecule has 2 rings (SSSR count). The number of nitrogens with zero attached hydrogens (tertiary/aromatic N) is 1. The van der Waals surface area contributed by atoms with Gasteiger partial charge in [0, 0.05) is 19.2 Å². The van der Waals surface area contributed by atoms with Crippen LogP contribution in [0.25, 0.3) is 0 Å². The average molecular weight is 354 g/mol. The zero-order valence-corrected chi connectivity index (χ0v) is 15.8. The van der Waals surface area contributed by atoms with E-state index in [1.54, 1.807) is 30.1 Å². The summed E-state index contributed by atoms with van der Waals surface area (Å²) >= 11 is 0. The predicted octanol–water partition coefficient (Wildman–Crippen LogP) is 3.25. The summed E-state index contributed by atoms with van der Waals surface area (Å²) < 4.78 is 5.80. The molecule has 0 saturated heterocycles. The summed E-state index contributed by atoms with van der Waals surface area (Å²) in [6.07, 6.45) is 0. The van der Waals surface area contributed by atoms with Crippen molar-refractivity contribution in [2.45, 2.75) is 33.2 Å². The SMILES string of the molecule is Cc1ccc(C(C)C)c(OCC(=O)N(C)Cc2cccc(C(N)=O)c2)c1. The van der Waals surface area contributed by atoms with Gasteiger partial charge in [-0.3, -0.25) is 9.59 Å². The van der Waals surface area contributed by atoms with Crippen molar-refractivity contribution < 1.29 is 14.3 Å². The number of hydrogen-bond acceptors (Lipinski definition) is 3.